The maximum absolute atomic E-state index is 13.3. The third-order valence-electron chi connectivity index (χ3n) is 4.34. The van der Waals surface area contributed by atoms with Crippen molar-refractivity contribution in [1.29, 1.82) is 0 Å². The highest BCUT2D eigenvalue weighted by Gasteiger charge is 2.40. The minimum Gasteiger partial charge on any atom is -0.339 e. The van der Waals surface area contributed by atoms with E-state index in [2.05, 4.69) is 5.32 Å². The fourth-order valence-electron chi connectivity index (χ4n) is 3.21. The molecule has 3 rings (SSSR count). The lowest BCUT2D eigenvalue weighted by molar-refractivity contribution is -0.140. The normalized spacial score (nSPS) is 25.1. The van der Waals surface area contributed by atoms with Gasteiger partial charge in [0.1, 0.15) is 17.6 Å². The molecule has 2 aliphatic rings. The molecule has 0 unspecified atom stereocenters. The lowest BCUT2D eigenvalue weighted by Crippen LogP contribution is -2.53. The molecule has 1 N–H and O–H groups in total. The van der Waals surface area contributed by atoms with Crippen LogP contribution >= 0.6 is 0 Å². The average Bonchev–Trinajstić information content (AvgIpc) is 2.87. The molecule has 0 spiro atoms. The van der Waals surface area contributed by atoms with Crippen LogP contribution in [0.5, 0.6) is 0 Å². The van der Waals surface area contributed by atoms with Crippen molar-refractivity contribution >= 4 is 17.5 Å². The summed E-state index contributed by atoms with van der Waals surface area (Å²) in [6, 6.07) is 3.17. The van der Waals surface area contributed by atoms with Gasteiger partial charge in [-0.15, -0.1) is 0 Å². The molecule has 1 aromatic rings. The highest BCUT2D eigenvalue weighted by molar-refractivity contribution is 6.09. The molecule has 2 aliphatic heterocycles. The number of carbonyl (C=O) groups is 2. The molecular formula is C16H19F2N3O2. The number of hydrogen-bond acceptors (Lipinski definition) is 3. The average molecular weight is 323 g/mol. The summed E-state index contributed by atoms with van der Waals surface area (Å²) in [6.07, 6.45) is 0.369. The summed E-state index contributed by atoms with van der Waals surface area (Å²) in [4.78, 5) is 28.1. The molecule has 0 aromatic heterocycles. The van der Waals surface area contributed by atoms with E-state index in [0.29, 0.717) is 32.6 Å². The molecule has 0 radical (unpaired) electrons. The van der Waals surface area contributed by atoms with Crippen LogP contribution in [0.3, 0.4) is 0 Å². The summed E-state index contributed by atoms with van der Waals surface area (Å²) in [5.74, 6) is -2.81. The fraction of sp³-hybridized carbons (Fsp3) is 0.500. The number of rotatable bonds is 2. The first-order valence-electron chi connectivity index (χ1n) is 7.75. The van der Waals surface area contributed by atoms with Gasteiger partial charge in [-0.05, 0) is 25.5 Å². The largest absolute Gasteiger partial charge is 0.339 e. The number of nitrogens with one attached hydrogen (secondary N) is 1. The fourth-order valence-corrected chi connectivity index (χ4v) is 3.21. The van der Waals surface area contributed by atoms with Crippen LogP contribution in [0.4, 0.5) is 14.5 Å². The zero-order valence-corrected chi connectivity index (χ0v) is 12.9. The minimum atomic E-state index is -0.758. The maximum atomic E-state index is 13.3. The summed E-state index contributed by atoms with van der Waals surface area (Å²) in [5, 5.41) is 3.24. The Morgan fingerprint density at radius 1 is 1.22 bits per heavy atom. The quantitative estimate of drug-likeness (QED) is 0.831. The highest BCUT2D eigenvalue weighted by Crippen LogP contribution is 2.28. The first kappa shape index (κ1) is 15.9. The van der Waals surface area contributed by atoms with E-state index in [-0.39, 0.29) is 23.5 Å². The summed E-state index contributed by atoms with van der Waals surface area (Å²) < 4.78 is 26.7. The number of anilines is 1. The number of amides is 2. The Morgan fingerprint density at radius 3 is 2.57 bits per heavy atom. The number of carbonyl (C=O) groups excluding carboxylic acids is 2. The predicted octanol–water partition coefficient (Wildman–Crippen LogP) is 1.14. The van der Waals surface area contributed by atoms with Crippen LogP contribution in [-0.2, 0) is 9.59 Å². The Hall–Kier alpha value is -2.02. The van der Waals surface area contributed by atoms with Gasteiger partial charge in [-0.3, -0.25) is 9.59 Å². The Kier molecular flexibility index (Phi) is 4.30. The first-order chi connectivity index (χ1) is 11.0. The van der Waals surface area contributed by atoms with Crippen molar-refractivity contribution in [3.63, 3.8) is 0 Å². The SMILES string of the molecule is C[C@@H]1CN(C(=O)[C@H]2CCN(c3cc(F)cc(F)c3)C2=O)CCN1. The molecule has 1 aromatic carbocycles. The highest BCUT2D eigenvalue weighted by atomic mass is 19.1. The topological polar surface area (TPSA) is 52.7 Å². The van der Waals surface area contributed by atoms with Gasteiger partial charge in [-0.2, -0.15) is 0 Å². The van der Waals surface area contributed by atoms with Gasteiger partial charge in [0, 0.05) is 44.0 Å². The van der Waals surface area contributed by atoms with Gasteiger partial charge in [0.25, 0.3) is 0 Å². The first-order valence-corrected chi connectivity index (χ1v) is 7.75. The Balaban J connectivity index is 1.74. The number of hydrogen-bond donors (Lipinski definition) is 1. The van der Waals surface area contributed by atoms with Crippen molar-refractivity contribution in [2.24, 2.45) is 5.92 Å². The van der Waals surface area contributed by atoms with E-state index in [0.717, 1.165) is 18.2 Å². The van der Waals surface area contributed by atoms with Crippen molar-refractivity contribution in [1.82, 2.24) is 10.2 Å². The maximum Gasteiger partial charge on any atom is 0.239 e. The molecule has 0 aliphatic carbocycles. The lowest BCUT2D eigenvalue weighted by atomic mass is 10.1. The second kappa shape index (κ2) is 6.23. The van der Waals surface area contributed by atoms with Gasteiger partial charge in [-0.25, -0.2) is 8.78 Å². The zero-order valence-electron chi connectivity index (χ0n) is 12.9. The summed E-state index contributed by atoms with van der Waals surface area (Å²) in [6.45, 7) is 4.11. The van der Waals surface area contributed by atoms with E-state index in [1.54, 1.807) is 4.90 Å². The van der Waals surface area contributed by atoms with E-state index in [1.807, 2.05) is 6.92 Å². The van der Waals surface area contributed by atoms with Crippen molar-refractivity contribution in [3.8, 4) is 0 Å². The van der Waals surface area contributed by atoms with Crippen LogP contribution in [0.25, 0.3) is 0 Å². The molecule has 0 bridgehead atoms. The molecule has 23 heavy (non-hydrogen) atoms. The summed E-state index contributed by atoms with van der Waals surface area (Å²) >= 11 is 0. The van der Waals surface area contributed by atoms with Gasteiger partial charge in [0.2, 0.25) is 11.8 Å². The van der Waals surface area contributed by atoms with Gasteiger partial charge in [-0.1, -0.05) is 0 Å². The van der Waals surface area contributed by atoms with E-state index < -0.39 is 17.6 Å². The van der Waals surface area contributed by atoms with Gasteiger partial charge >= 0.3 is 0 Å². The van der Waals surface area contributed by atoms with Crippen molar-refractivity contribution in [2.75, 3.05) is 31.1 Å². The van der Waals surface area contributed by atoms with Gasteiger partial charge < -0.3 is 15.1 Å². The second-order valence-electron chi connectivity index (χ2n) is 6.10. The Bertz CT molecular complexity index is 618. The van der Waals surface area contributed by atoms with Crippen molar-refractivity contribution in [2.45, 2.75) is 19.4 Å². The van der Waals surface area contributed by atoms with Gasteiger partial charge in [0.05, 0.1) is 0 Å². The van der Waals surface area contributed by atoms with Crippen LogP contribution in [0.15, 0.2) is 18.2 Å². The third kappa shape index (κ3) is 3.19. The van der Waals surface area contributed by atoms with Crippen molar-refractivity contribution < 1.29 is 18.4 Å². The molecule has 7 heteroatoms. The molecule has 124 valence electrons. The molecule has 0 saturated carbocycles. The standard InChI is InChI=1S/C16H19F2N3O2/c1-10-9-20(5-3-19-10)15(22)14-2-4-21(16(14)23)13-7-11(17)6-12(18)8-13/h6-8,10,14,19H,2-5,9H2,1H3/t10-,14-/m1/s1. The van der Waals surface area contributed by atoms with Crippen LogP contribution < -0.4 is 10.2 Å². The van der Waals surface area contributed by atoms with E-state index in [1.165, 1.54) is 4.90 Å². The van der Waals surface area contributed by atoms with Crippen LogP contribution in [-0.4, -0.2) is 48.9 Å². The van der Waals surface area contributed by atoms with E-state index in [4.69, 9.17) is 0 Å². The summed E-state index contributed by atoms with van der Waals surface area (Å²) in [7, 11) is 0. The summed E-state index contributed by atoms with van der Waals surface area (Å²) in [5.41, 5.74) is 0.163. The number of piperazine rings is 1. The molecule has 2 saturated heterocycles. The van der Waals surface area contributed by atoms with Crippen LogP contribution in [0.2, 0.25) is 0 Å². The zero-order chi connectivity index (χ0) is 16.6. The number of nitrogens with zero attached hydrogens (tertiary/aromatic N) is 2. The lowest BCUT2D eigenvalue weighted by Gasteiger charge is -2.33. The van der Waals surface area contributed by atoms with Crippen molar-refractivity contribution in [3.05, 3.63) is 29.8 Å². The smallest absolute Gasteiger partial charge is 0.239 e. The van der Waals surface area contributed by atoms with Crippen LogP contribution in [0, 0.1) is 17.6 Å². The van der Waals surface area contributed by atoms with Crippen LogP contribution in [0.1, 0.15) is 13.3 Å². The Morgan fingerprint density at radius 2 is 1.91 bits per heavy atom. The number of halogens is 2. The molecule has 2 atom stereocenters. The predicted molar refractivity (Wildman–Crippen MR) is 80.9 cm³/mol. The molecule has 5 nitrogen and oxygen atoms in total. The second-order valence-corrected chi connectivity index (χ2v) is 6.10. The van der Waals surface area contributed by atoms with E-state index in [9.17, 15) is 18.4 Å². The monoisotopic (exact) mass is 323 g/mol. The van der Waals surface area contributed by atoms with Gasteiger partial charge in [0.15, 0.2) is 0 Å². The molecular weight excluding hydrogens is 304 g/mol. The minimum absolute atomic E-state index is 0.163. The molecule has 2 amide bonds. The number of benzene rings is 1. The molecule has 2 fully saturated rings. The van der Waals surface area contributed by atoms with E-state index >= 15 is 0 Å². The third-order valence-corrected chi connectivity index (χ3v) is 4.34. The molecule has 2 heterocycles. The Labute approximate surface area is 133 Å².